The van der Waals surface area contributed by atoms with Gasteiger partial charge in [0.2, 0.25) is 0 Å². The van der Waals surface area contributed by atoms with Crippen molar-refractivity contribution in [2.45, 2.75) is 20.5 Å². The summed E-state index contributed by atoms with van der Waals surface area (Å²) >= 11 is 0. The first-order chi connectivity index (χ1) is 13.1. The number of benzene rings is 3. The van der Waals surface area contributed by atoms with Gasteiger partial charge in [-0.1, -0.05) is 53.7 Å². The average Bonchev–Trinajstić information content (AvgIpc) is 2.68. The molecule has 0 aliphatic rings. The molecule has 3 nitrogen and oxygen atoms in total. The van der Waals surface area contributed by atoms with Crippen LogP contribution in [0.2, 0.25) is 0 Å². The maximum Gasteiger partial charge on any atom is 0.142 e. The molecule has 0 aliphatic heterocycles. The fraction of sp³-hybridized carbons (Fsp3) is 0.174. The van der Waals surface area contributed by atoms with Crippen LogP contribution in [0.1, 0.15) is 22.3 Å². The van der Waals surface area contributed by atoms with Crippen molar-refractivity contribution in [1.29, 1.82) is 0 Å². The summed E-state index contributed by atoms with van der Waals surface area (Å²) in [5.41, 5.74) is 4.50. The molecule has 0 aliphatic carbocycles. The standard InChI is InChI=1S/C23H22FNO2/c1-17-7-6-8-18(2)23(17)26-16-22(20-11-13-21(24)14-12-20)25-27-15-19-9-4-3-5-10-19/h3-14H,15-16H2,1-2H3/b25-22+. The Kier molecular flexibility index (Phi) is 6.21. The van der Waals surface area contributed by atoms with E-state index in [9.17, 15) is 4.39 Å². The second-order valence-electron chi connectivity index (χ2n) is 6.31. The van der Waals surface area contributed by atoms with Crippen molar-refractivity contribution in [2.24, 2.45) is 5.16 Å². The van der Waals surface area contributed by atoms with E-state index in [1.54, 1.807) is 12.1 Å². The molecule has 0 N–H and O–H groups in total. The molecule has 0 heterocycles. The number of aryl methyl sites for hydroxylation is 2. The molecule has 0 saturated heterocycles. The Morgan fingerprint density at radius 2 is 1.52 bits per heavy atom. The van der Waals surface area contributed by atoms with E-state index in [0.717, 1.165) is 28.0 Å². The number of oxime groups is 1. The highest BCUT2D eigenvalue weighted by Crippen LogP contribution is 2.22. The van der Waals surface area contributed by atoms with E-state index >= 15 is 0 Å². The number of hydrogen-bond donors (Lipinski definition) is 0. The van der Waals surface area contributed by atoms with E-state index in [1.165, 1.54) is 12.1 Å². The van der Waals surface area contributed by atoms with Crippen molar-refractivity contribution in [2.75, 3.05) is 6.61 Å². The molecule has 3 rings (SSSR count). The second-order valence-corrected chi connectivity index (χ2v) is 6.31. The van der Waals surface area contributed by atoms with Gasteiger partial charge in [0.1, 0.15) is 30.5 Å². The molecule has 138 valence electrons. The minimum atomic E-state index is -0.293. The molecule has 3 aromatic carbocycles. The lowest BCUT2D eigenvalue weighted by Gasteiger charge is -2.13. The number of nitrogens with zero attached hydrogens (tertiary/aromatic N) is 1. The van der Waals surface area contributed by atoms with Crippen molar-refractivity contribution in [1.82, 2.24) is 0 Å². The molecule has 0 spiro atoms. The van der Waals surface area contributed by atoms with Crippen LogP contribution in [0.15, 0.2) is 78.0 Å². The highest BCUT2D eigenvalue weighted by Gasteiger charge is 2.10. The van der Waals surface area contributed by atoms with Gasteiger partial charge in [-0.25, -0.2) is 4.39 Å². The molecule has 3 aromatic rings. The number of halogens is 1. The zero-order valence-corrected chi connectivity index (χ0v) is 15.5. The van der Waals surface area contributed by atoms with Crippen molar-refractivity contribution in [3.05, 3.63) is 101 Å². The highest BCUT2D eigenvalue weighted by atomic mass is 19.1. The molecule has 0 radical (unpaired) electrons. The summed E-state index contributed by atoms with van der Waals surface area (Å²) in [6.45, 7) is 4.59. The van der Waals surface area contributed by atoms with Gasteiger partial charge in [-0.15, -0.1) is 0 Å². The molecule has 0 aromatic heterocycles. The third kappa shape index (κ3) is 5.17. The van der Waals surface area contributed by atoms with Crippen LogP contribution in [0.4, 0.5) is 4.39 Å². The van der Waals surface area contributed by atoms with Crippen LogP contribution in [0, 0.1) is 19.7 Å². The molecule has 0 unspecified atom stereocenters. The summed E-state index contributed by atoms with van der Waals surface area (Å²) in [6.07, 6.45) is 0. The Balaban J connectivity index is 1.77. The van der Waals surface area contributed by atoms with E-state index in [-0.39, 0.29) is 12.4 Å². The van der Waals surface area contributed by atoms with Crippen LogP contribution in [-0.4, -0.2) is 12.3 Å². The predicted molar refractivity (Wildman–Crippen MR) is 106 cm³/mol. The van der Waals surface area contributed by atoms with Crippen LogP contribution in [0.5, 0.6) is 5.75 Å². The quantitative estimate of drug-likeness (QED) is 0.413. The molecule has 0 bridgehead atoms. The lowest BCUT2D eigenvalue weighted by Crippen LogP contribution is -2.15. The van der Waals surface area contributed by atoms with Crippen molar-refractivity contribution in [3.63, 3.8) is 0 Å². The summed E-state index contributed by atoms with van der Waals surface area (Å²) in [4.78, 5) is 5.53. The van der Waals surface area contributed by atoms with Crippen molar-refractivity contribution < 1.29 is 14.0 Å². The van der Waals surface area contributed by atoms with Crippen molar-refractivity contribution >= 4 is 5.71 Å². The first-order valence-electron chi connectivity index (χ1n) is 8.81. The van der Waals surface area contributed by atoms with Gasteiger partial charge in [-0.3, -0.25) is 0 Å². The largest absolute Gasteiger partial charge is 0.487 e. The maximum absolute atomic E-state index is 13.3. The Morgan fingerprint density at radius 1 is 0.852 bits per heavy atom. The minimum absolute atomic E-state index is 0.228. The molecule has 0 fully saturated rings. The Labute approximate surface area is 159 Å². The van der Waals surface area contributed by atoms with E-state index < -0.39 is 0 Å². The molecule has 0 saturated carbocycles. The number of hydrogen-bond acceptors (Lipinski definition) is 3. The zero-order chi connectivity index (χ0) is 19.1. The summed E-state index contributed by atoms with van der Waals surface area (Å²) < 4.78 is 19.3. The SMILES string of the molecule is Cc1cccc(C)c1OC/C(=N\OCc1ccccc1)c1ccc(F)cc1. The van der Waals surface area contributed by atoms with Gasteiger partial charge in [0.25, 0.3) is 0 Å². The van der Waals surface area contributed by atoms with E-state index in [4.69, 9.17) is 9.57 Å². The monoisotopic (exact) mass is 363 g/mol. The molecule has 0 atom stereocenters. The van der Waals surface area contributed by atoms with Gasteiger partial charge in [0, 0.05) is 5.56 Å². The third-order valence-electron chi connectivity index (χ3n) is 4.19. The van der Waals surface area contributed by atoms with E-state index in [2.05, 4.69) is 5.16 Å². The van der Waals surface area contributed by atoms with Crippen molar-refractivity contribution in [3.8, 4) is 5.75 Å². The Bertz CT molecular complexity index is 885. The Morgan fingerprint density at radius 3 is 2.19 bits per heavy atom. The van der Waals surface area contributed by atoms with Gasteiger partial charge in [0.05, 0.1) is 0 Å². The Hall–Kier alpha value is -3.14. The molecular weight excluding hydrogens is 341 g/mol. The zero-order valence-electron chi connectivity index (χ0n) is 15.5. The summed E-state index contributed by atoms with van der Waals surface area (Å²) in [5.74, 6) is 0.536. The van der Waals surface area contributed by atoms with Gasteiger partial charge in [-0.2, -0.15) is 0 Å². The topological polar surface area (TPSA) is 30.8 Å². The number of para-hydroxylation sites is 1. The van der Waals surface area contributed by atoms with Gasteiger partial charge in [-0.05, 0) is 54.8 Å². The lowest BCUT2D eigenvalue weighted by molar-refractivity contribution is 0.129. The van der Waals surface area contributed by atoms with E-state index in [0.29, 0.717) is 12.3 Å². The fourth-order valence-corrected chi connectivity index (χ4v) is 2.73. The van der Waals surface area contributed by atoms with Crippen LogP contribution < -0.4 is 4.74 Å². The molecule has 27 heavy (non-hydrogen) atoms. The molecule has 0 amide bonds. The maximum atomic E-state index is 13.3. The van der Waals surface area contributed by atoms with Crippen LogP contribution in [0.3, 0.4) is 0 Å². The first kappa shape index (κ1) is 18.6. The normalized spacial score (nSPS) is 11.3. The fourth-order valence-electron chi connectivity index (χ4n) is 2.73. The smallest absolute Gasteiger partial charge is 0.142 e. The first-order valence-corrected chi connectivity index (χ1v) is 8.81. The minimum Gasteiger partial charge on any atom is -0.487 e. The summed E-state index contributed by atoms with van der Waals surface area (Å²) in [7, 11) is 0. The van der Waals surface area contributed by atoms with Gasteiger partial charge in [0.15, 0.2) is 0 Å². The predicted octanol–water partition coefficient (Wildman–Crippen LogP) is 5.44. The van der Waals surface area contributed by atoms with Crippen LogP contribution >= 0.6 is 0 Å². The molecular formula is C23H22FNO2. The lowest BCUT2D eigenvalue weighted by atomic mass is 10.1. The number of ether oxygens (including phenoxy) is 1. The summed E-state index contributed by atoms with van der Waals surface area (Å²) in [6, 6.07) is 22.0. The summed E-state index contributed by atoms with van der Waals surface area (Å²) in [5, 5.41) is 4.26. The van der Waals surface area contributed by atoms with Crippen LogP contribution in [0.25, 0.3) is 0 Å². The van der Waals surface area contributed by atoms with Gasteiger partial charge < -0.3 is 9.57 Å². The number of rotatable bonds is 7. The third-order valence-corrected chi connectivity index (χ3v) is 4.19. The van der Waals surface area contributed by atoms with Crippen LogP contribution in [-0.2, 0) is 11.4 Å². The second kappa shape index (κ2) is 8.99. The molecule has 4 heteroatoms. The van der Waals surface area contributed by atoms with E-state index in [1.807, 2.05) is 62.4 Å². The average molecular weight is 363 g/mol. The highest BCUT2D eigenvalue weighted by molar-refractivity contribution is 6.01. The van der Waals surface area contributed by atoms with Gasteiger partial charge >= 0.3 is 0 Å².